The highest BCUT2D eigenvalue weighted by molar-refractivity contribution is 5.70. The quantitative estimate of drug-likeness (QED) is 0.0355. The van der Waals surface area contributed by atoms with Crippen molar-refractivity contribution in [3.63, 3.8) is 0 Å². The Morgan fingerprint density at radius 3 is 1.31 bits per heavy atom. The van der Waals surface area contributed by atoms with E-state index in [1.165, 1.54) is 154 Å². The van der Waals surface area contributed by atoms with Crippen LogP contribution in [0.2, 0.25) is 0 Å². The molecule has 5 heteroatoms. The average Bonchev–Trinajstić information content (AvgIpc) is 3.14. The summed E-state index contributed by atoms with van der Waals surface area (Å²) >= 11 is 0. The Morgan fingerprint density at radius 2 is 0.808 bits per heavy atom. The molecule has 1 unspecified atom stereocenters. The molecule has 0 bridgehead atoms. The van der Waals surface area contributed by atoms with Gasteiger partial charge in [-0.15, -0.1) is 0 Å². The van der Waals surface area contributed by atoms with Gasteiger partial charge in [-0.05, 0) is 51.4 Å². The summed E-state index contributed by atoms with van der Waals surface area (Å²) in [7, 11) is 0. The van der Waals surface area contributed by atoms with Gasteiger partial charge in [0, 0.05) is 19.4 Å². The summed E-state index contributed by atoms with van der Waals surface area (Å²) in [4.78, 5) is 25.1. The second kappa shape index (κ2) is 43.8. The Labute approximate surface area is 324 Å². The Kier molecular flexibility index (Phi) is 42.4. The zero-order valence-electron chi connectivity index (χ0n) is 35.1. The van der Waals surface area contributed by atoms with Gasteiger partial charge in [-0.25, -0.2) is 0 Å². The van der Waals surface area contributed by atoms with Crippen LogP contribution in [0.3, 0.4) is 0 Å². The molecule has 0 spiro atoms. The lowest BCUT2D eigenvalue weighted by atomic mass is 10.0. The van der Waals surface area contributed by atoms with E-state index in [0.717, 1.165) is 51.4 Å². The van der Waals surface area contributed by atoms with Gasteiger partial charge in [0.15, 0.2) is 6.10 Å². The molecule has 0 fully saturated rings. The molecule has 0 saturated heterocycles. The van der Waals surface area contributed by atoms with Crippen LogP contribution in [0.4, 0.5) is 0 Å². The zero-order valence-corrected chi connectivity index (χ0v) is 35.1. The van der Waals surface area contributed by atoms with Crippen molar-refractivity contribution < 1.29 is 23.8 Å². The largest absolute Gasteiger partial charge is 0.462 e. The third kappa shape index (κ3) is 41.1. The fourth-order valence-electron chi connectivity index (χ4n) is 6.54. The smallest absolute Gasteiger partial charge is 0.306 e. The molecule has 5 nitrogen and oxygen atoms in total. The van der Waals surface area contributed by atoms with Crippen molar-refractivity contribution in [1.82, 2.24) is 0 Å². The molecule has 0 aliphatic carbocycles. The van der Waals surface area contributed by atoms with Crippen molar-refractivity contribution in [3.8, 4) is 0 Å². The first kappa shape index (κ1) is 50.4. The second-order valence-corrected chi connectivity index (χ2v) is 15.3. The molecule has 0 N–H and O–H groups in total. The van der Waals surface area contributed by atoms with Crippen LogP contribution in [-0.4, -0.2) is 37.9 Å². The molecule has 0 aromatic heterocycles. The first-order valence-electron chi connectivity index (χ1n) is 22.9. The summed E-state index contributed by atoms with van der Waals surface area (Å²) in [6, 6.07) is 0. The van der Waals surface area contributed by atoms with Crippen molar-refractivity contribution >= 4 is 11.9 Å². The van der Waals surface area contributed by atoms with Crippen molar-refractivity contribution in [2.45, 2.75) is 245 Å². The normalized spacial score (nSPS) is 12.3. The van der Waals surface area contributed by atoms with Gasteiger partial charge in [0.25, 0.3) is 0 Å². The molecule has 52 heavy (non-hydrogen) atoms. The SMILES string of the molecule is CCCCC/C=C\C/C=C\CCCCCCCC(=O)OCC(COCCCCCCCCCCCCCCCC)OC(=O)CCCCCCCCC. The molecular formula is C47H88O5. The molecule has 0 aliphatic heterocycles. The molecule has 306 valence electrons. The number of carbonyl (C=O) groups is 2. The molecule has 1 atom stereocenters. The summed E-state index contributed by atoms with van der Waals surface area (Å²) in [5.41, 5.74) is 0. The highest BCUT2D eigenvalue weighted by Gasteiger charge is 2.17. The molecule has 0 aliphatic rings. The molecule has 0 amide bonds. The van der Waals surface area contributed by atoms with Crippen LogP contribution in [0, 0.1) is 0 Å². The molecule has 0 saturated carbocycles. The van der Waals surface area contributed by atoms with Crippen molar-refractivity contribution in [2.75, 3.05) is 19.8 Å². The van der Waals surface area contributed by atoms with Crippen LogP contribution in [-0.2, 0) is 23.8 Å². The van der Waals surface area contributed by atoms with Gasteiger partial charge in [0.1, 0.15) is 6.61 Å². The van der Waals surface area contributed by atoms with Crippen LogP contribution in [0.5, 0.6) is 0 Å². The van der Waals surface area contributed by atoms with E-state index in [9.17, 15) is 9.59 Å². The fourth-order valence-corrected chi connectivity index (χ4v) is 6.54. The van der Waals surface area contributed by atoms with Gasteiger partial charge >= 0.3 is 11.9 Å². The van der Waals surface area contributed by atoms with Crippen molar-refractivity contribution in [1.29, 1.82) is 0 Å². The van der Waals surface area contributed by atoms with Gasteiger partial charge < -0.3 is 14.2 Å². The van der Waals surface area contributed by atoms with Crippen molar-refractivity contribution in [2.24, 2.45) is 0 Å². The third-order valence-electron chi connectivity index (χ3n) is 9.99. The Bertz CT molecular complexity index is 791. The van der Waals surface area contributed by atoms with Crippen LogP contribution >= 0.6 is 0 Å². The predicted octanol–water partition coefficient (Wildman–Crippen LogP) is 14.9. The van der Waals surface area contributed by atoms with E-state index >= 15 is 0 Å². The van der Waals surface area contributed by atoms with E-state index in [-0.39, 0.29) is 25.2 Å². The number of carbonyl (C=O) groups excluding carboxylic acids is 2. The van der Waals surface area contributed by atoms with E-state index in [0.29, 0.717) is 19.4 Å². The molecular weight excluding hydrogens is 645 g/mol. The van der Waals surface area contributed by atoms with Crippen LogP contribution in [0.1, 0.15) is 239 Å². The summed E-state index contributed by atoms with van der Waals surface area (Å²) < 4.78 is 17.3. The first-order chi connectivity index (χ1) is 25.6. The number of rotatable bonds is 42. The van der Waals surface area contributed by atoms with E-state index in [4.69, 9.17) is 14.2 Å². The van der Waals surface area contributed by atoms with Gasteiger partial charge in [-0.1, -0.05) is 199 Å². The van der Waals surface area contributed by atoms with Gasteiger partial charge in [-0.3, -0.25) is 9.59 Å². The molecule has 0 heterocycles. The monoisotopic (exact) mass is 733 g/mol. The topological polar surface area (TPSA) is 61.8 Å². The molecule has 0 aromatic rings. The average molecular weight is 733 g/mol. The lowest BCUT2D eigenvalue weighted by molar-refractivity contribution is -0.163. The van der Waals surface area contributed by atoms with Crippen molar-refractivity contribution in [3.05, 3.63) is 24.3 Å². The zero-order chi connectivity index (χ0) is 37.8. The standard InChI is InChI=1S/C47H88O5/c1-4-7-10-13-16-18-20-22-24-25-27-29-32-34-37-40-46(48)51-44-45(52-47(49)41-38-35-31-15-12-9-6-3)43-50-42-39-36-33-30-28-26-23-21-19-17-14-11-8-5-2/h16,18,22,24,45H,4-15,17,19-21,23,25-44H2,1-3H3/b18-16-,24-22-. The Balaban J connectivity index is 4.15. The van der Waals surface area contributed by atoms with E-state index in [2.05, 4.69) is 45.1 Å². The first-order valence-corrected chi connectivity index (χ1v) is 22.9. The maximum atomic E-state index is 12.6. The molecule has 0 rings (SSSR count). The lowest BCUT2D eigenvalue weighted by Crippen LogP contribution is -2.30. The predicted molar refractivity (Wildman–Crippen MR) is 224 cm³/mol. The minimum Gasteiger partial charge on any atom is -0.462 e. The highest BCUT2D eigenvalue weighted by atomic mass is 16.6. The number of hydrogen-bond donors (Lipinski definition) is 0. The maximum absolute atomic E-state index is 12.6. The minimum absolute atomic E-state index is 0.0839. The minimum atomic E-state index is -0.530. The van der Waals surface area contributed by atoms with Crippen LogP contribution in [0.15, 0.2) is 24.3 Å². The molecule has 0 aromatic carbocycles. The summed E-state index contributed by atoms with van der Waals surface area (Å²) in [5, 5.41) is 0. The Hall–Kier alpha value is -1.62. The van der Waals surface area contributed by atoms with Gasteiger partial charge in [-0.2, -0.15) is 0 Å². The highest BCUT2D eigenvalue weighted by Crippen LogP contribution is 2.14. The van der Waals surface area contributed by atoms with Crippen LogP contribution < -0.4 is 0 Å². The Morgan fingerprint density at radius 1 is 0.423 bits per heavy atom. The molecule has 0 radical (unpaired) electrons. The third-order valence-corrected chi connectivity index (χ3v) is 9.99. The van der Waals surface area contributed by atoms with E-state index in [1.807, 2.05) is 0 Å². The van der Waals surface area contributed by atoms with E-state index < -0.39 is 6.10 Å². The number of hydrogen-bond acceptors (Lipinski definition) is 5. The summed E-state index contributed by atoms with van der Waals surface area (Å²) in [6.45, 7) is 7.78. The second-order valence-electron chi connectivity index (χ2n) is 15.3. The maximum Gasteiger partial charge on any atom is 0.306 e. The van der Waals surface area contributed by atoms with Crippen LogP contribution in [0.25, 0.3) is 0 Å². The number of unbranched alkanes of at least 4 members (excludes halogenated alkanes) is 27. The summed E-state index contributed by atoms with van der Waals surface area (Å²) in [5.74, 6) is -0.408. The number of ether oxygens (including phenoxy) is 3. The summed E-state index contributed by atoms with van der Waals surface area (Å²) in [6.07, 6.45) is 48.9. The number of esters is 2. The van der Waals surface area contributed by atoms with E-state index in [1.54, 1.807) is 0 Å². The number of allylic oxidation sites excluding steroid dienone is 4. The lowest BCUT2D eigenvalue weighted by Gasteiger charge is -2.18. The van der Waals surface area contributed by atoms with Gasteiger partial charge in [0.2, 0.25) is 0 Å². The van der Waals surface area contributed by atoms with Gasteiger partial charge in [0.05, 0.1) is 6.61 Å². The fraction of sp³-hybridized carbons (Fsp3) is 0.872.